The molecule has 1 aliphatic heterocycles. The summed E-state index contributed by atoms with van der Waals surface area (Å²) in [6, 6.07) is 2.00. The van der Waals surface area contributed by atoms with Crippen molar-refractivity contribution in [3.63, 3.8) is 0 Å². The predicted octanol–water partition coefficient (Wildman–Crippen LogP) is 2.10. The number of methoxy groups -OCH3 is 1. The molecule has 100 valence electrons. The van der Waals surface area contributed by atoms with Gasteiger partial charge in [-0.1, -0.05) is 0 Å². The topological polar surface area (TPSA) is 55.6 Å². The lowest BCUT2D eigenvalue weighted by molar-refractivity contribution is 0.0588. The van der Waals surface area contributed by atoms with Crippen LogP contribution in [0, 0.1) is 0 Å². The first kappa shape index (κ1) is 13.4. The van der Waals surface area contributed by atoms with Crippen molar-refractivity contribution in [2.75, 3.05) is 13.7 Å². The smallest absolute Gasteiger partial charge is 0.264 e. The van der Waals surface area contributed by atoms with Gasteiger partial charge in [-0.3, -0.25) is 4.79 Å². The number of hydrogen-bond donors (Lipinski definition) is 1. The number of carbonyl (C=O) groups excluding carboxylic acids is 1. The Labute approximate surface area is 112 Å². The molecule has 0 spiro atoms. The summed E-state index contributed by atoms with van der Waals surface area (Å²) < 4.78 is 5.12. The Morgan fingerprint density at radius 1 is 1.61 bits per heavy atom. The molecule has 0 saturated carbocycles. The summed E-state index contributed by atoms with van der Waals surface area (Å²) in [6.07, 6.45) is 3.23. The second kappa shape index (κ2) is 5.71. The van der Waals surface area contributed by atoms with Gasteiger partial charge >= 0.3 is 0 Å². The quantitative estimate of drug-likeness (QED) is 0.913. The van der Waals surface area contributed by atoms with Crippen LogP contribution in [0.1, 0.15) is 35.9 Å². The van der Waals surface area contributed by atoms with Crippen molar-refractivity contribution in [2.24, 2.45) is 5.73 Å². The minimum absolute atomic E-state index is 0.0242. The van der Waals surface area contributed by atoms with Crippen LogP contribution < -0.4 is 10.5 Å². The van der Waals surface area contributed by atoms with Crippen LogP contribution in [-0.2, 0) is 0 Å². The number of nitrogens with two attached hydrogens (primary N) is 1. The van der Waals surface area contributed by atoms with E-state index in [9.17, 15) is 4.79 Å². The molecule has 1 aromatic rings. The van der Waals surface area contributed by atoms with Crippen LogP contribution >= 0.6 is 11.3 Å². The first-order chi connectivity index (χ1) is 8.63. The van der Waals surface area contributed by atoms with E-state index in [1.807, 2.05) is 17.2 Å². The van der Waals surface area contributed by atoms with Crippen molar-refractivity contribution >= 4 is 17.2 Å². The van der Waals surface area contributed by atoms with Gasteiger partial charge in [0.25, 0.3) is 5.91 Å². The lowest BCUT2D eigenvalue weighted by Gasteiger charge is -2.37. The van der Waals surface area contributed by atoms with Gasteiger partial charge in [-0.05, 0) is 26.2 Å². The monoisotopic (exact) mass is 268 g/mol. The van der Waals surface area contributed by atoms with Gasteiger partial charge in [0.1, 0.15) is 5.75 Å². The maximum absolute atomic E-state index is 12.5. The Kier molecular flexibility index (Phi) is 4.24. The van der Waals surface area contributed by atoms with Crippen molar-refractivity contribution in [3.8, 4) is 5.75 Å². The van der Waals surface area contributed by atoms with E-state index in [-0.39, 0.29) is 18.0 Å². The maximum Gasteiger partial charge on any atom is 0.264 e. The fourth-order valence-corrected chi connectivity index (χ4v) is 3.25. The van der Waals surface area contributed by atoms with Gasteiger partial charge in [-0.2, -0.15) is 0 Å². The molecule has 0 aliphatic carbocycles. The Morgan fingerprint density at radius 3 is 3.00 bits per heavy atom. The Balaban J connectivity index is 2.15. The molecule has 2 heterocycles. The third kappa shape index (κ3) is 2.67. The first-order valence-corrected chi connectivity index (χ1v) is 7.20. The highest BCUT2D eigenvalue weighted by Crippen LogP contribution is 2.26. The van der Waals surface area contributed by atoms with Gasteiger partial charge in [-0.25, -0.2) is 0 Å². The minimum Gasteiger partial charge on any atom is -0.496 e. The molecule has 0 bridgehead atoms. The normalized spacial score (nSPS) is 21.7. The fraction of sp³-hybridized carbons (Fsp3) is 0.615. The van der Waals surface area contributed by atoms with E-state index in [1.54, 1.807) is 13.2 Å². The number of thiophene rings is 1. The second-order valence-corrected chi connectivity index (χ2v) is 5.68. The Hall–Kier alpha value is -1.07. The molecule has 1 saturated heterocycles. The van der Waals surface area contributed by atoms with Crippen molar-refractivity contribution in [1.29, 1.82) is 0 Å². The average molecular weight is 268 g/mol. The summed E-state index contributed by atoms with van der Waals surface area (Å²) >= 11 is 1.43. The highest BCUT2D eigenvalue weighted by atomic mass is 32.1. The van der Waals surface area contributed by atoms with Gasteiger partial charge in [-0.15, -0.1) is 11.3 Å². The van der Waals surface area contributed by atoms with Crippen LogP contribution in [0.3, 0.4) is 0 Å². The second-order valence-electron chi connectivity index (χ2n) is 4.77. The minimum atomic E-state index is 0.0242. The number of piperidine rings is 1. The fourth-order valence-electron chi connectivity index (χ4n) is 2.44. The van der Waals surface area contributed by atoms with E-state index >= 15 is 0 Å². The summed E-state index contributed by atoms with van der Waals surface area (Å²) in [4.78, 5) is 15.1. The number of hydrogen-bond acceptors (Lipinski definition) is 4. The molecule has 2 rings (SSSR count). The van der Waals surface area contributed by atoms with Crippen LogP contribution in [0.2, 0.25) is 0 Å². The van der Waals surface area contributed by atoms with Crippen LogP contribution in [0.5, 0.6) is 5.75 Å². The molecule has 1 aromatic heterocycles. The lowest BCUT2D eigenvalue weighted by Crippen LogP contribution is -2.51. The molecule has 1 aliphatic rings. The van der Waals surface area contributed by atoms with Crippen molar-refractivity contribution in [2.45, 2.75) is 38.3 Å². The van der Waals surface area contributed by atoms with E-state index in [2.05, 4.69) is 0 Å². The van der Waals surface area contributed by atoms with Crippen molar-refractivity contribution in [3.05, 3.63) is 16.3 Å². The summed E-state index contributed by atoms with van der Waals surface area (Å²) in [5.41, 5.74) is 5.99. The first-order valence-electron chi connectivity index (χ1n) is 6.32. The summed E-state index contributed by atoms with van der Waals surface area (Å²) in [6.45, 7) is 2.79. The highest BCUT2D eigenvalue weighted by Gasteiger charge is 2.30. The van der Waals surface area contributed by atoms with E-state index in [4.69, 9.17) is 10.5 Å². The number of amides is 1. The standard InChI is InChI=1S/C13H20N2O2S/c1-9(14)11-5-3-4-6-15(11)13(16)12-7-10(17-2)8-18-12/h7-9,11H,3-6,14H2,1-2H3/t9-,11-/m1/s1. The molecule has 18 heavy (non-hydrogen) atoms. The molecule has 5 heteroatoms. The number of rotatable bonds is 3. The van der Waals surface area contributed by atoms with Crippen molar-refractivity contribution < 1.29 is 9.53 Å². The van der Waals surface area contributed by atoms with Gasteiger partial charge in [0.2, 0.25) is 0 Å². The third-order valence-electron chi connectivity index (χ3n) is 3.44. The Morgan fingerprint density at radius 2 is 2.39 bits per heavy atom. The van der Waals surface area contributed by atoms with Crippen LogP contribution in [0.15, 0.2) is 11.4 Å². The summed E-state index contributed by atoms with van der Waals surface area (Å²) in [7, 11) is 1.61. The Bertz CT molecular complexity index is 417. The largest absolute Gasteiger partial charge is 0.496 e. The van der Waals surface area contributed by atoms with Crippen molar-refractivity contribution in [1.82, 2.24) is 4.90 Å². The molecule has 0 radical (unpaired) electrons. The number of carbonyl (C=O) groups is 1. The molecular formula is C13H20N2O2S. The molecule has 0 unspecified atom stereocenters. The molecule has 1 amide bonds. The third-order valence-corrected chi connectivity index (χ3v) is 4.34. The zero-order chi connectivity index (χ0) is 13.1. The zero-order valence-corrected chi connectivity index (χ0v) is 11.7. The molecule has 0 aromatic carbocycles. The zero-order valence-electron chi connectivity index (χ0n) is 10.9. The molecule has 2 N–H and O–H groups in total. The van der Waals surface area contributed by atoms with Gasteiger partial charge < -0.3 is 15.4 Å². The molecule has 1 fully saturated rings. The van der Waals surface area contributed by atoms with Crippen LogP contribution in [0.25, 0.3) is 0 Å². The number of ether oxygens (including phenoxy) is 1. The number of nitrogens with zero attached hydrogens (tertiary/aromatic N) is 1. The van der Waals surface area contributed by atoms with E-state index in [0.29, 0.717) is 0 Å². The molecule has 2 atom stereocenters. The van der Waals surface area contributed by atoms with Crippen LogP contribution in [-0.4, -0.2) is 36.5 Å². The van der Waals surface area contributed by atoms with E-state index in [0.717, 1.165) is 36.4 Å². The maximum atomic E-state index is 12.5. The average Bonchev–Trinajstić information content (AvgIpc) is 2.86. The summed E-state index contributed by atoms with van der Waals surface area (Å²) in [5, 5.41) is 1.86. The van der Waals surface area contributed by atoms with E-state index < -0.39 is 0 Å². The van der Waals surface area contributed by atoms with E-state index in [1.165, 1.54) is 11.3 Å². The van der Waals surface area contributed by atoms with Gasteiger partial charge in [0, 0.05) is 30.1 Å². The SMILES string of the molecule is COc1csc(C(=O)N2CCCC[C@@H]2[C@@H](C)N)c1. The molecule has 4 nitrogen and oxygen atoms in total. The highest BCUT2D eigenvalue weighted by molar-refractivity contribution is 7.12. The summed E-state index contributed by atoms with van der Waals surface area (Å²) in [5.74, 6) is 0.836. The number of likely N-dealkylation sites (tertiary alicyclic amines) is 1. The van der Waals surface area contributed by atoms with Gasteiger partial charge in [0.15, 0.2) is 0 Å². The lowest BCUT2D eigenvalue weighted by atomic mass is 9.97. The predicted molar refractivity (Wildman–Crippen MR) is 73.2 cm³/mol. The molecular weight excluding hydrogens is 248 g/mol. The van der Waals surface area contributed by atoms with Crippen LogP contribution in [0.4, 0.5) is 0 Å². The van der Waals surface area contributed by atoms with Gasteiger partial charge in [0.05, 0.1) is 12.0 Å².